The van der Waals surface area contributed by atoms with Crippen LogP contribution in [0.25, 0.3) is 10.2 Å². The first-order valence-electron chi connectivity index (χ1n) is 12.6. The predicted molar refractivity (Wildman–Crippen MR) is 148 cm³/mol. The molecule has 0 saturated carbocycles. The van der Waals surface area contributed by atoms with E-state index in [-0.39, 0.29) is 19.6 Å². The average Bonchev–Trinajstić information content (AvgIpc) is 3.26. The van der Waals surface area contributed by atoms with E-state index >= 15 is 0 Å². The fourth-order valence-corrected chi connectivity index (χ4v) is 4.69. The Hall–Kier alpha value is -3.66. The molecule has 0 atom stereocenters. The van der Waals surface area contributed by atoms with Gasteiger partial charge in [0.1, 0.15) is 5.60 Å². The van der Waals surface area contributed by atoms with Crippen molar-refractivity contribution in [3.63, 3.8) is 0 Å². The lowest BCUT2D eigenvalue weighted by Gasteiger charge is -2.31. The van der Waals surface area contributed by atoms with Crippen LogP contribution in [0.1, 0.15) is 53.0 Å². The standard InChI is InChI=1S/C28H35N3O6S/c1-6-35-23(32)28(24(33)36-7-2,31-26(34)37-27(3,4)5)18-10-11-19-14-16-20(17-15-19)29-25-30-21-12-8-9-13-22(21)38-25/h8-9,12-17H,6-7,10-11,18H2,1-5H3,(H,29,30)(H,31,34). The zero-order valence-corrected chi connectivity index (χ0v) is 23.3. The van der Waals surface area contributed by atoms with E-state index in [1.807, 2.05) is 48.5 Å². The van der Waals surface area contributed by atoms with Gasteiger partial charge in [0.2, 0.25) is 5.54 Å². The summed E-state index contributed by atoms with van der Waals surface area (Å²) in [6.45, 7) is 8.42. The van der Waals surface area contributed by atoms with Crippen molar-refractivity contribution < 1.29 is 28.6 Å². The summed E-state index contributed by atoms with van der Waals surface area (Å²) >= 11 is 1.58. The normalized spacial score (nSPS) is 11.6. The van der Waals surface area contributed by atoms with Crippen LogP contribution in [-0.4, -0.2) is 47.4 Å². The number of anilines is 2. The van der Waals surface area contributed by atoms with E-state index in [0.717, 1.165) is 26.6 Å². The Bertz CT molecular complexity index is 1200. The number of fused-ring (bicyclic) bond motifs is 1. The molecule has 0 aliphatic rings. The lowest BCUT2D eigenvalue weighted by molar-refractivity contribution is -0.166. The van der Waals surface area contributed by atoms with Gasteiger partial charge >= 0.3 is 18.0 Å². The smallest absolute Gasteiger partial charge is 0.409 e. The number of para-hydroxylation sites is 1. The van der Waals surface area contributed by atoms with Crippen LogP contribution in [0.4, 0.5) is 15.6 Å². The molecule has 3 rings (SSSR count). The molecule has 10 heteroatoms. The lowest BCUT2D eigenvalue weighted by Crippen LogP contribution is -2.62. The van der Waals surface area contributed by atoms with E-state index in [1.165, 1.54) is 0 Å². The Kier molecular flexibility index (Phi) is 9.68. The Morgan fingerprint density at radius 3 is 2.13 bits per heavy atom. The number of hydrogen-bond acceptors (Lipinski definition) is 9. The number of esters is 2. The monoisotopic (exact) mass is 541 g/mol. The van der Waals surface area contributed by atoms with E-state index in [1.54, 1.807) is 46.0 Å². The van der Waals surface area contributed by atoms with Crippen LogP contribution in [-0.2, 0) is 30.2 Å². The Morgan fingerprint density at radius 2 is 1.55 bits per heavy atom. The summed E-state index contributed by atoms with van der Waals surface area (Å²) in [5.41, 5.74) is 0.0111. The maximum Gasteiger partial charge on any atom is 0.409 e. The number of carbonyl (C=O) groups is 3. The van der Waals surface area contributed by atoms with Crippen LogP contribution in [0.5, 0.6) is 0 Å². The predicted octanol–water partition coefficient (Wildman–Crippen LogP) is 5.75. The minimum absolute atomic E-state index is 0.0182. The van der Waals surface area contributed by atoms with Crippen LogP contribution in [0.15, 0.2) is 48.5 Å². The summed E-state index contributed by atoms with van der Waals surface area (Å²) in [4.78, 5) is 43.2. The molecule has 0 fully saturated rings. The molecule has 0 bridgehead atoms. The van der Waals surface area contributed by atoms with Gasteiger partial charge in [0, 0.05) is 5.69 Å². The van der Waals surface area contributed by atoms with Gasteiger partial charge in [0.25, 0.3) is 0 Å². The molecule has 0 aliphatic heterocycles. The Morgan fingerprint density at radius 1 is 0.921 bits per heavy atom. The third-order valence-corrected chi connectivity index (χ3v) is 6.43. The largest absolute Gasteiger partial charge is 0.464 e. The fraction of sp³-hybridized carbons (Fsp3) is 0.429. The number of nitrogens with zero attached hydrogens (tertiary/aromatic N) is 1. The summed E-state index contributed by atoms with van der Waals surface area (Å²) < 4.78 is 16.8. The number of thiazole rings is 1. The van der Waals surface area contributed by atoms with Crippen LogP contribution in [0, 0.1) is 0 Å². The number of amides is 1. The molecule has 0 aliphatic carbocycles. The highest BCUT2D eigenvalue weighted by atomic mass is 32.1. The van der Waals surface area contributed by atoms with Gasteiger partial charge in [-0.3, -0.25) is 5.32 Å². The molecule has 9 nitrogen and oxygen atoms in total. The summed E-state index contributed by atoms with van der Waals surface area (Å²) in [5.74, 6) is -1.75. The Balaban J connectivity index is 1.70. The topological polar surface area (TPSA) is 116 Å². The Labute approximate surface area is 226 Å². The molecular formula is C28H35N3O6S. The molecule has 0 radical (unpaired) electrons. The van der Waals surface area contributed by atoms with Gasteiger partial charge < -0.3 is 19.5 Å². The maximum atomic E-state index is 13.0. The fourth-order valence-electron chi connectivity index (χ4n) is 3.80. The number of rotatable bonds is 11. The van der Waals surface area contributed by atoms with Crippen molar-refractivity contribution in [2.75, 3.05) is 18.5 Å². The van der Waals surface area contributed by atoms with E-state index in [0.29, 0.717) is 12.8 Å². The van der Waals surface area contributed by atoms with Gasteiger partial charge in [-0.25, -0.2) is 19.4 Å². The third kappa shape index (κ3) is 7.67. The van der Waals surface area contributed by atoms with Crippen molar-refractivity contribution >= 4 is 50.4 Å². The highest BCUT2D eigenvalue weighted by Crippen LogP contribution is 2.28. The van der Waals surface area contributed by atoms with Crippen LogP contribution in [0.2, 0.25) is 0 Å². The number of aromatic nitrogens is 1. The number of benzene rings is 2. The van der Waals surface area contributed by atoms with Crippen LogP contribution < -0.4 is 10.6 Å². The zero-order valence-electron chi connectivity index (χ0n) is 22.5. The molecule has 1 aromatic heterocycles. The molecule has 204 valence electrons. The van der Waals surface area contributed by atoms with Gasteiger partial charge in [-0.15, -0.1) is 0 Å². The first-order valence-corrected chi connectivity index (χ1v) is 13.4. The second kappa shape index (κ2) is 12.7. The molecule has 0 spiro atoms. The van der Waals surface area contributed by atoms with Gasteiger partial charge in [-0.05, 0) is 83.7 Å². The van der Waals surface area contributed by atoms with E-state index in [2.05, 4.69) is 15.6 Å². The van der Waals surface area contributed by atoms with Crippen molar-refractivity contribution in [1.82, 2.24) is 10.3 Å². The molecule has 0 unspecified atom stereocenters. The molecule has 0 saturated heterocycles. The second-order valence-corrected chi connectivity index (χ2v) is 10.7. The van der Waals surface area contributed by atoms with E-state index in [9.17, 15) is 14.4 Å². The van der Waals surface area contributed by atoms with Gasteiger partial charge in [0.05, 0.1) is 23.4 Å². The van der Waals surface area contributed by atoms with E-state index < -0.39 is 29.2 Å². The minimum Gasteiger partial charge on any atom is -0.464 e. The quantitative estimate of drug-likeness (QED) is 0.179. The second-order valence-electron chi connectivity index (χ2n) is 9.64. The van der Waals surface area contributed by atoms with Gasteiger partial charge in [-0.2, -0.15) is 0 Å². The SMILES string of the molecule is CCOC(=O)C(CCCc1ccc(Nc2nc3ccccc3s2)cc1)(NC(=O)OC(C)(C)C)C(=O)OCC. The molecule has 2 aromatic carbocycles. The van der Waals surface area contributed by atoms with Crippen molar-refractivity contribution in [3.8, 4) is 0 Å². The summed E-state index contributed by atoms with van der Waals surface area (Å²) in [6, 6.07) is 15.8. The highest BCUT2D eigenvalue weighted by molar-refractivity contribution is 7.22. The van der Waals surface area contributed by atoms with Crippen molar-refractivity contribution in [3.05, 3.63) is 54.1 Å². The molecule has 2 N–H and O–H groups in total. The van der Waals surface area contributed by atoms with Crippen molar-refractivity contribution in [2.45, 2.75) is 65.0 Å². The number of aryl methyl sites for hydroxylation is 1. The van der Waals surface area contributed by atoms with Crippen molar-refractivity contribution in [1.29, 1.82) is 0 Å². The first kappa shape index (κ1) is 28.9. The first-order chi connectivity index (χ1) is 18.1. The maximum absolute atomic E-state index is 13.0. The molecular weight excluding hydrogens is 506 g/mol. The van der Waals surface area contributed by atoms with Gasteiger partial charge in [0.15, 0.2) is 5.13 Å². The molecule has 1 heterocycles. The minimum atomic E-state index is -2.01. The summed E-state index contributed by atoms with van der Waals surface area (Å²) in [7, 11) is 0. The van der Waals surface area contributed by atoms with Crippen LogP contribution in [0.3, 0.4) is 0 Å². The number of alkyl carbamates (subject to hydrolysis) is 1. The lowest BCUT2D eigenvalue weighted by atomic mass is 9.91. The summed E-state index contributed by atoms with van der Waals surface area (Å²) in [6.07, 6.45) is 0.0370. The molecule has 1 amide bonds. The molecule has 3 aromatic rings. The van der Waals surface area contributed by atoms with Crippen LogP contribution >= 0.6 is 11.3 Å². The third-order valence-electron chi connectivity index (χ3n) is 5.48. The zero-order chi connectivity index (χ0) is 27.8. The van der Waals surface area contributed by atoms with Crippen molar-refractivity contribution in [2.24, 2.45) is 0 Å². The molecule has 38 heavy (non-hydrogen) atoms. The summed E-state index contributed by atoms with van der Waals surface area (Å²) in [5, 5.41) is 6.59. The number of ether oxygens (including phenoxy) is 3. The number of hydrogen-bond donors (Lipinski definition) is 2. The number of nitrogens with one attached hydrogen (secondary N) is 2. The number of carbonyl (C=O) groups excluding carboxylic acids is 3. The highest BCUT2D eigenvalue weighted by Gasteiger charge is 2.50. The van der Waals surface area contributed by atoms with E-state index in [4.69, 9.17) is 14.2 Å². The van der Waals surface area contributed by atoms with Gasteiger partial charge in [-0.1, -0.05) is 35.6 Å². The average molecular weight is 542 g/mol.